The van der Waals surface area contributed by atoms with Crippen LogP contribution in [0.1, 0.15) is 11.1 Å². The van der Waals surface area contributed by atoms with Gasteiger partial charge in [0.25, 0.3) is 5.56 Å². The molecule has 0 unspecified atom stereocenters. The smallest absolute Gasteiger partial charge is 0.299 e. The zero-order valence-electron chi connectivity index (χ0n) is 17.3. The van der Waals surface area contributed by atoms with Crippen LogP contribution >= 0.6 is 0 Å². The van der Waals surface area contributed by atoms with Crippen molar-refractivity contribution in [2.24, 2.45) is 19.2 Å². The number of allylic oxidation sites excluding steroid dienone is 1. The molecule has 31 heavy (non-hydrogen) atoms. The molecule has 4 rings (SSSR count). The van der Waals surface area contributed by atoms with E-state index in [2.05, 4.69) is 15.5 Å². The first-order valence-electron chi connectivity index (χ1n) is 9.78. The molecule has 0 aliphatic carbocycles. The van der Waals surface area contributed by atoms with Gasteiger partial charge in [0.15, 0.2) is 11.2 Å². The van der Waals surface area contributed by atoms with Gasteiger partial charge < -0.3 is 0 Å². The topological polar surface area (TPSA) is 86.2 Å². The number of rotatable bonds is 6. The van der Waals surface area contributed by atoms with Crippen LogP contribution in [0.2, 0.25) is 0 Å². The average Bonchev–Trinajstić information content (AvgIpc) is 3.16. The minimum absolute atomic E-state index is 0.304. The summed E-state index contributed by atoms with van der Waals surface area (Å²) in [5.74, 6) is 0.373. The summed E-state index contributed by atoms with van der Waals surface area (Å²) in [4.78, 5) is 29.7. The van der Waals surface area contributed by atoms with E-state index in [1.807, 2.05) is 72.8 Å². The summed E-state index contributed by atoms with van der Waals surface area (Å²) < 4.78 is 4.16. The first kappa shape index (κ1) is 20.1. The SMILES string of the molecule is Cn1c(=O)c2c(nc(NN=Cc3ccccc3)n2CC=Cc2ccccc2)n(C)c1=O. The van der Waals surface area contributed by atoms with Crippen molar-refractivity contribution in [2.45, 2.75) is 6.54 Å². The van der Waals surface area contributed by atoms with Gasteiger partial charge in [-0.3, -0.25) is 18.5 Å². The van der Waals surface area contributed by atoms with Crippen molar-refractivity contribution in [1.82, 2.24) is 18.7 Å². The second-order valence-electron chi connectivity index (χ2n) is 7.02. The van der Waals surface area contributed by atoms with E-state index in [1.165, 1.54) is 11.6 Å². The van der Waals surface area contributed by atoms with Gasteiger partial charge >= 0.3 is 5.69 Å². The van der Waals surface area contributed by atoms with Gasteiger partial charge in [-0.05, 0) is 11.1 Å². The quantitative estimate of drug-likeness (QED) is 0.388. The van der Waals surface area contributed by atoms with E-state index in [0.29, 0.717) is 23.7 Å². The average molecular weight is 414 g/mol. The highest BCUT2D eigenvalue weighted by Gasteiger charge is 2.18. The molecule has 0 saturated carbocycles. The normalized spacial score (nSPS) is 11.7. The zero-order chi connectivity index (χ0) is 21.8. The van der Waals surface area contributed by atoms with Gasteiger partial charge in [0.05, 0.1) is 6.21 Å². The number of hydrogen-bond donors (Lipinski definition) is 1. The Labute approximate surface area is 178 Å². The van der Waals surface area contributed by atoms with Crippen molar-refractivity contribution in [3.05, 3.63) is 98.7 Å². The van der Waals surface area contributed by atoms with Crippen LogP contribution in [-0.4, -0.2) is 24.9 Å². The molecule has 0 atom stereocenters. The molecule has 0 saturated heterocycles. The van der Waals surface area contributed by atoms with Gasteiger partial charge in [-0.1, -0.05) is 72.8 Å². The van der Waals surface area contributed by atoms with Crippen LogP contribution in [0.4, 0.5) is 5.95 Å². The maximum atomic E-state index is 12.9. The lowest BCUT2D eigenvalue weighted by molar-refractivity contribution is 0.703. The van der Waals surface area contributed by atoms with E-state index in [-0.39, 0.29) is 0 Å². The Hall–Kier alpha value is -4.20. The first-order valence-corrected chi connectivity index (χ1v) is 9.78. The van der Waals surface area contributed by atoms with Crippen LogP contribution < -0.4 is 16.7 Å². The third-order valence-electron chi connectivity index (χ3n) is 4.92. The maximum absolute atomic E-state index is 12.9. The van der Waals surface area contributed by atoms with E-state index >= 15 is 0 Å². The molecule has 8 heteroatoms. The summed E-state index contributed by atoms with van der Waals surface area (Å²) >= 11 is 0. The van der Waals surface area contributed by atoms with Gasteiger partial charge in [0.1, 0.15) is 0 Å². The molecule has 0 amide bonds. The van der Waals surface area contributed by atoms with E-state index < -0.39 is 11.2 Å². The van der Waals surface area contributed by atoms with Crippen molar-refractivity contribution in [3.63, 3.8) is 0 Å². The van der Waals surface area contributed by atoms with Crippen LogP contribution in [-0.2, 0) is 20.6 Å². The largest absolute Gasteiger partial charge is 0.332 e. The number of anilines is 1. The number of hydrazone groups is 1. The van der Waals surface area contributed by atoms with Crippen molar-refractivity contribution >= 4 is 29.4 Å². The van der Waals surface area contributed by atoms with Gasteiger partial charge in [-0.15, -0.1) is 0 Å². The maximum Gasteiger partial charge on any atom is 0.332 e. The van der Waals surface area contributed by atoms with Crippen LogP contribution in [0.25, 0.3) is 17.2 Å². The molecule has 1 N–H and O–H groups in total. The Kier molecular flexibility index (Phi) is 5.61. The second-order valence-corrected chi connectivity index (χ2v) is 7.02. The van der Waals surface area contributed by atoms with Gasteiger partial charge in [0.2, 0.25) is 5.95 Å². The Morgan fingerprint density at radius 2 is 1.58 bits per heavy atom. The summed E-state index contributed by atoms with van der Waals surface area (Å²) in [6.45, 7) is 0.377. The molecule has 0 spiro atoms. The predicted molar refractivity (Wildman–Crippen MR) is 123 cm³/mol. The number of fused-ring (bicyclic) bond motifs is 1. The molecule has 2 heterocycles. The van der Waals surface area contributed by atoms with Gasteiger partial charge in [0, 0.05) is 20.6 Å². The summed E-state index contributed by atoms with van der Waals surface area (Å²) in [6, 6.07) is 19.5. The summed E-state index contributed by atoms with van der Waals surface area (Å²) in [7, 11) is 3.06. The standard InChI is InChI=1S/C23H22N6O2/c1-27-20-19(21(30)28(2)23(27)31)29(15-9-14-17-10-5-3-6-11-17)22(25-20)26-24-16-18-12-7-4-8-13-18/h3-14,16H,15H2,1-2H3,(H,25,26). The highest BCUT2D eigenvalue weighted by molar-refractivity contribution is 5.80. The lowest BCUT2D eigenvalue weighted by Crippen LogP contribution is -2.37. The predicted octanol–water partition coefficient (Wildman–Crippen LogP) is 2.59. The fraction of sp³-hybridized carbons (Fsp3) is 0.130. The van der Waals surface area contributed by atoms with Gasteiger partial charge in [-0.2, -0.15) is 10.1 Å². The van der Waals surface area contributed by atoms with Gasteiger partial charge in [-0.25, -0.2) is 10.2 Å². The number of aromatic nitrogens is 4. The number of nitrogens with zero attached hydrogens (tertiary/aromatic N) is 5. The third-order valence-corrected chi connectivity index (χ3v) is 4.92. The minimum Gasteiger partial charge on any atom is -0.299 e. The highest BCUT2D eigenvalue weighted by atomic mass is 16.2. The van der Waals surface area contributed by atoms with Crippen molar-refractivity contribution in [1.29, 1.82) is 0 Å². The van der Waals surface area contributed by atoms with E-state index in [9.17, 15) is 9.59 Å². The summed E-state index contributed by atoms with van der Waals surface area (Å²) in [5, 5.41) is 4.26. The molecule has 0 aliphatic rings. The minimum atomic E-state index is -0.429. The number of benzene rings is 2. The lowest BCUT2D eigenvalue weighted by atomic mass is 10.2. The second kappa shape index (κ2) is 8.66. The lowest BCUT2D eigenvalue weighted by Gasteiger charge is -2.06. The Morgan fingerprint density at radius 3 is 2.26 bits per heavy atom. The number of nitrogens with one attached hydrogen (secondary N) is 1. The van der Waals surface area contributed by atoms with E-state index in [1.54, 1.807) is 17.8 Å². The molecule has 156 valence electrons. The summed E-state index contributed by atoms with van der Waals surface area (Å²) in [5.41, 5.74) is 4.69. The van der Waals surface area contributed by atoms with Crippen molar-refractivity contribution in [3.8, 4) is 0 Å². The number of imidazole rings is 1. The fourth-order valence-corrected chi connectivity index (χ4v) is 3.27. The zero-order valence-corrected chi connectivity index (χ0v) is 17.3. The highest BCUT2D eigenvalue weighted by Crippen LogP contribution is 2.16. The Balaban J connectivity index is 1.75. The Morgan fingerprint density at radius 1 is 0.935 bits per heavy atom. The Bertz CT molecular complexity index is 1380. The molecular weight excluding hydrogens is 392 g/mol. The number of hydrogen-bond acceptors (Lipinski definition) is 5. The fourth-order valence-electron chi connectivity index (χ4n) is 3.27. The molecule has 8 nitrogen and oxygen atoms in total. The monoisotopic (exact) mass is 414 g/mol. The molecule has 4 aromatic rings. The molecule has 0 aliphatic heterocycles. The third kappa shape index (κ3) is 4.09. The van der Waals surface area contributed by atoms with Crippen molar-refractivity contribution in [2.75, 3.05) is 5.43 Å². The van der Waals surface area contributed by atoms with E-state index in [0.717, 1.165) is 15.7 Å². The van der Waals surface area contributed by atoms with Crippen LogP contribution in [0.15, 0.2) is 81.4 Å². The number of aryl methyl sites for hydroxylation is 1. The van der Waals surface area contributed by atoms with Crippen LogP contribution in [0, 0.1) is 0 Å². The van der Waals surface area contributed by atoms with Crippen LogP contribution in [0.3, 0.4) is 0 Å². The van der Waals surface area contributed by atoms with E-state index in [4.69, 9.17) is 0 Å². The first-order chi connectivity index (χ1) is 15.1. The molecular formula is C23H22N6O2. The molecule has 2 aromatic heterocycles. The van der Waals surface area contributed by atoms with Crippen molar-refractivity contribution < 1.29 is 0 Å². The molecule has 0 radical (unpaired) electrons. The molecule has 0 bridgehead atoms. The van der Waals surface area contributed by atoms with Crippen LogP contribution in [0.5, 0.6) is 0 Å². The molecule has 0 fully saturated rings. The molecule has 2 aromatic carbocycles. The summed E-state index contributed by atoms with van der Waals surface area (Å²) in [6.07, 6.45) is 5.57.